The second-order valence-electron chi connectivity index (χ2n) is 5.58. The van der Waals surface area contributed by atoms with Gasteiger partial charge in [0.25, 0.3) is 5.91 Å². The summed E-state index contributed by atoms with van der Waals surface area (Å²) in [7, 11) is 1.59. The van der Waals surface area contributed by atoms with Gasteiger partial charge < -0.3 is 14.8 Å². The van der Waals surface area contributed by atoms with Gasteiger partial charge in [0, 0.05) is 38.2 Å². The van der Waals surface area contributed by atoms with Gasteiger partial charge in [0.15, 0.2) is 0 Å². The van der Waals surface area contributed by atoms with E-state index < -0.39 is 0 Å². The zero-order chi connectivity index (χ0) is 17.5. The minimum absolute atomic E-state index is 0.111. The third kappa shape index (κ3) is 4.50. The van der Waals surface area contributed by atoms with Gasteiger partial charge in [0.2, 0.25) is 5.88 Å². The highest BCUT2D eigenvalue weighted by Gasteiger charge is 2.27. The fraction of sp³-hybridized carbons (Fsp3) is 0.353. The van der Waals surface area contributed by atoms with Crippen LogP contribution < -0.4 is 20.9 Å². The lowest BCUT2D eigenvalue weighted by Gasteiger charge is -2.14. The molecular weight excluding hydrogens is 322 g/mol. The standard InChI is InChI=1S/C17H21N5O3/c1-24-9-10-25-17-13(3-2-6-19-17)16(23)20-15-11-14(21-22-15)12-4-7-18-8-5-12/h2-8,14-15,21-22H,9-11H2,1H3,(H,20,23). The molecule has 1 saturated heterocycles. The quantitative estimate of drug-likeness (QED) is 0.640. The van der Waals surface area contributed by atoms with Crippen molar-refractivity contribution in [2.75, 3.05) is 20.3 Å². The molecule has 3 rings (SSSR count). The average Bonchev–Trinajstić information content (AvgIpc) is 3.11. The zero-order valence-electron chi connectivity index (χ0n) is 13.9. The number of amides is 1. The minimum atomic E-state index is -0.241. The smallest absolute Gasteiger partial charge is 0.258 e. The molecule has 1 amide bonds. The third-order valence-electron chi connectivity index (χ3n) is 3.86. The molecule has 1 fully saturated rings. The van der Waals surface area contributed by atoms with Crippen molar-refractivity contribution < 1.29 is 14.3 Å². The third-order valence-corrected chi connectivity index (χ3v) is 3.86. The number of aromatic nitrogens is 2. The maximum absolute atomic E-state index is 12.6. The van der Waals surface area contributed by atoms with Gasteiger partial charge in [-0.2, -0.15) is 0 Å². The number of nitrogens with one attached hydrogen (secondary N) is 3. The van der Waals surface area contributed by atoms with Gasteiger partial charge in [-0.15, -0.1) is 0 Å². The first kappa shape index (κ1) is 17.3. The number of methoxy groups -OCH3 is 1. The highest BCUT2D eigenvalue weighted by Crippen LogP contribution is 2.21. The van der Waals surface area contributed by atoms with Crippen LogP contribution in [0.2, 0.25) is 0 Å². The second kappa shape index (κ2) is 8.52. The normalized spacial score (nSPS) is 19.6. The molecule has 2 aromatic rings. The predicted octanol–water partition coefficient (Wildman–Crippen LogP) is 0.797. The highest BCUT2D eigenvalue weighted by molar-refractivity contribution is 5.96. The molecule has 0 aliphatic carbocycles. The van der Waals surface area contributed by atoms with Gasteiger partial charge in [-0.1, -0.05) is 0 Å². The SMILES string of the molecule is COCCOc1ncccc1C(=O)NC1CC(c2ccncc2)NN1. The summed E-state index contributed by atoms with van der Waals surface area (Å²) in [5, 5.41) is 2.95. The molecule has 25 heavy (non-hydrogen) atoms. The van der Waals surface area contributed by atoms with Gasteiger partial charge >= 0.3 is 0 Å². The molecule has 1 aliphatic heterocycles. The predicted molar refractivity (Wildman–Crippen MR) is 90.7 cm³/mol. The van der Waals surface area contributed by atoms with E-state index in [0.717, 1.165) is 12.0 Å². The Balaban J connectivity index is 1.60. The van der Waals surface area contributed by atoms with Crippen LogP contribution in [0.3, 0.4) is 0 Å². The van der Waals surface area contributed by atoms with E-state index in [1.807, 2.05) is 12.1 Å². The van der Waals surface area contributed by atoms with Crippen LogP contribution in [0.4, 0.5) is 0 Å². The van der Waals surface area contributed by atoms with Crippen molar-refractivity contribution in [3.8, 4) is 5.88 Å². The van der Waals surface area contributed by atoms with Gasteiger partial charge in [0.05, 0.1) is 12.8 Å². The lowest BCUT2D eigenvalue weighted by Crippen LogP contribution is -2.44. The Bertz CT molecular complexity index is 698. The van der Waals surface area contributed by atoms with Crippen LogP contribution in [-0.2, 0) is 4.74 Å². The number of nitrogens with zero attached hydrogens (tertiary/aromatic N) is 2. The summed E-state index contributed by atoms with van der Waals surface area (Å²) in [5.74, 6) is 0.0592. The van der Waals surface area contributed by atoms with E-state index >= 15 is 0 Å². The molecule has 2 aromatic heterocycles. The van der Waals surface area contributed by atoms with Gasteiger partial charge in [-0.3, -0.25) is 9.78 Å². The van der Waals surface area contributed by atoms with Crippen LogP contribution in [-0.4, -0.2) is 42.4 Å². The van der Waals surface area contributed by atoms with Crippen molar-refractivity contribution >= 4 is 5.91 Å². The van der Waals surface area contributed by atoms with Crippen molar-refractivity contribution in [3.05, 3.63) is 54.0 Å². The molecule has 3 heterocycles. The number of hydrazine groups is 1. The van der Waals surface area contributed by atoms with Crippen molar-refractivity contribution in [2.24, 2.45) is 0 Å². The number of hydrogen-bond acceptors (Lipinski definition) is 7. The van der Waals surface area contributed by atoms with Gasteiger partial charge in [-0.05, 0) is 29.8 Å². The van der Waals surface area contributed by atoms with Crippen LogP contribution in [0.25, 0.3) is 0 Å². The van der Waals surface area contributed by atoms with Crippen LogP contribution in [0.5, 0.6) is 5.88 Å². The van der Waals surface area contributed by atoms with Crippen molar-refractivity contribution in [1.82, 2.24) is 26.1 Å². The number of carbonyl (C=O) groups excluding carboxylic acids is 1. The number of ether oxygens (including phenoxy) is 2. The molecule has 3 N–H and O–H groups in total. The van der Waals surface area contributed by atoms with E-state index in [2.05, 4.69) is 26.1 Å². The molecular formula is C17H21N5O3. The molecule has 0 spiro atoms. The van der Waals surface area contributed by atoms with E-state index in [0.29, 0.717) is 24.7 Å². The van der Waals surface area contributed by atoms with Crippen LogP contribution in [0.1, 0.15) is 28.4 Å². The molecule has 132 valence electrons. The first-order valence-electron chi connectivity index (χ1n) is 8.06. The molecule has 0 aromatic carbocycles. The Labute approximate surface area is 145 Å². The molecule has 0 radical (unpaired) electrons. The number of hydrogen-bond donors (Lipinski definition) is 3. The summed E-state index contributed by atoms with van der Waals surface area (Å²) in [5.41, 5.74) is 7.79. The number of pyridine rings is 2. The number of carbonyl (C=O) groups is 1. The van der Waals surface area contributed by atoms with E-state index in [1.165, 1.54) is 0 Å². The maximum Gasteiger partial charge on any atom is 0.258 e. The Hall–Kier alpha value is -2.55. The van der Waals surface area contributed by atoms with Crippen LogP contribution >= 0.6 is 0 Å². The van der Waals surface area contributed by atoms with Crippen molar-refractivity contribution in [2.45, 2.75) is 18.6 Å². The fourth-order valence-corrected chi connectivity index (χ4v) is 2.60. The number of rotatable bonds is 7. The summed E-state index contributed by atoms with van der Waals surface area (Å²) in [4.78, 5) is 20.7. The van der Waals surface area contributed by atoms with Crippen molar-refractivity contribution in [3.63, 3.8) is 0 Å². The van der Waals surface area contributed by atoms with E-state index in [4.69, 9.17) is 9.47 Å². The minimum Gasteiger partial charge on any atom is -0.475 e. The molecule has 8 nitrogen and oxygen atoms in total. The van der Waals surface area contributed by atoms with Crippen molar-refractivity contribution in [1.29, 1.82) is 0 Å². The summed E-state index contributed by atoms with van der Waals surface area (Å²) in [6, 6.07) is 7.41. The Kier molecular flexibility index (Phi) is 5.89. The molecule has 0 bridgehead atoms. The Morgan fingerprint density at radius 2 is 2.08 bits per heavy atom. The molecule has 2 atom stereocenters. The van der Waals surface area contributed by atoms with Gasteiger partial charge in [0.1, 0.15) is 12.2 Å². The highest BCUT2D eigenvalue weighted by atomic mass is 16.5. The molecule has 2 unspecified atom stereocenters. The first-order chi connectivity index (χ1) is 12.3. The lowest BCUT2D eigenvalue weighted by molar-refractivity contribution is 0.0923. The Morgan fingerprint density at radius 1 is 1.24 bits per heavy atom. The van der Waals surface area contributed by atoms with Gasteiger partial charge in [-0.25, -0.2) is 15.8 Å². The monoisotopic (exact) mass is 343 g/mol. The second-order valence-corrected chi connectivity index (χ2v) is 5.58. The largest absolute Gasteiger partial charge is 0.475 e. The summed E-state index contributed by atoms with van der Waals surface area (Å²) >= 11 is 0. The summed E-state index contributed by atoms with van der Waals surface area (Å²) in [6.45, 7) is 0.764. The summed E-state index contributed by atoms with van der Waals surface area (Å²) in [6.07, 6.45) is 5.62. The van der Waals surface area contributed by atoms with Crippen LogP contribution in [0, 0.1) is 0 Å². The Morgan fingerprint density at radius 3 is 2.88 bits per heavy atom. The summed E-state index contributed by atoms with van der Waals surface area (Å²) < 4.78 is 10.5. The fourth-order valence-electron chi connectivity index (χ4n) is 2.60. The van der Waals surface area contributed by atoms with E-state index in [1.54, 1.807) is 37.8 Å². The molecule has 0 saturated carbocycles. The van der Waals surface area contributed by atoms with E-state index in [-0.39, 0.29) is 18.1 Å². The van der Waals surface area contributed by atoms with Crippen LogP contribution in [0.15, 0.2) is 42.9 Å². The zero-order valence-corrected chi connectivity index (χ0v) is 13.9. The lowest BCUT2D eigenvalue weighted by atomic mass is 10.1. The molecule has 1 aliphatic rings. The molecule has 8 heteroatoms. The van der Waals surface area contributed by atoms with E-state index in [9.17, 15) is 4.79 Å². The topological polar surface area (TPSA) is 97.4 Å². The average molecular weight is 343 g/mol. The maximum atomic E-state index is 12.6. The first-order valence-corrected chi connectivity index (χ1v) is 8.06.